The van der Waals surface area contributed by atoms with Crippen molar-refractivity contribution in [1.82, 2.24) is 4.31 Å². The Balaban J connectivity index is 1.70. The molecule has 0 saturated carbocycles. The van der Waals surface area contributed by atoms with E-state index in [0.29, 0.717) is 11.4 Å². The van der Waals surface area contributed by atoms with Gasteiger partial charge in [-0.25, -0.2) is 8.42 Å². The van der Waals surface area contributed by atoms with Crippen molar-refractivity contribution >= 4 is 32.6 Å². The summed E-state index contributed by atoms with van der Waals surface area (Å²) in [6.45, 7) is 0.510. The quantitative estimate of drug-likeness (QED) is 0.672. The minimum atomic E-state index is -3.56. The van der Waals surface area contributed by atoms with E-state index in [2.05, 4.69) is 0 Å². The number of hydrogen-bond acceptors (Lipinski definition) is 4. The highest BCUT2D eigenvalue weighted by molar-refractivity contribution is 8.01. The molecule has 3 aromatic carbocycles. The summed E-state index contributed by atoms with van der Waals surface area (Å²) in [7, 11) is -1.94. The van der Waals surface area contributed by atoms with Gasteiger partial charge in [0, 0.05) is 12.3 Å². The Hall–Kier alpha value is -2.02. The molecule has 0 bridgehead atoms. The Morgan fingerprint density at radius 1 is 1.00 bits per heavy atom. The smallest absolute Gasteiger partial charge is 0.244 e. The van der Waals surface area contributed by atoms with E-state index in [1.165, 1.54) is 0 Å². The fraction of sp³-hybridized carbons (Fsp3) is 0.200. The molecular weight excluding hydrogens is 366 g/mol. The number of nitrogens with zero attached hydrogens (tertiary/aromatic N) is 1. The summed E-state index contributed by atoms with van der Waals surface area (Å²) in [6.07, 6.45) is 0. The minimum Gasteiger partial charge on any atom is -0.497 e. The fourth-order valence-corrected chi connectivity index (χ4v) is 6.47. The Morgan fingerprint density at radius 2 is 1.73 bits per heavy atom. The lowest BCUT2D eigenvalue weighted by Crippen LogP contribution is -2.30. The number of methoxy groups -OCH3 is 1. The molecular formula is C20H19NO3S2. The predicted octanol–water partition coefficient (Wildman–Crippen LogP) is 4.28. The van der Waals surface area contributed by atoms with Gasteiger partial charge < -0.3 is 4.74 Å². The molecule has 6 heteroatoms. The maximum Gasteiger partial charge on any atom is 0.244 e. The van der Waals surface area contributed by atoms with E-state index in [9.17, 15) is 8.42 Å². The molecule has 4 nitrogen and oxygen atoms in total. The van der Waals surface area contributed by atoms with Crippen molar-refractivity contribution in [3.63, 3.8) is 0 Å². The molecule has 0 aromatic heterocycles. The lowest BCUT2D eigenvalue weighted by molar-refractivity contribution is 0.413. The van der Waals surface area contributed by atoms with Crippen molar-refractivity contribution in [2.75, 3.05) is 19.4 Å². The van der Waals surface area contributed by atoms with Crippen LogP contribution in [0.4, 0.5) is 0 Å². The van der Waals surface area contributed by atoms with E-state index in [0.717, 1.165) is 27.8 Å². The molecule has 0 amide bonds. The first-order chi connectivity index (χ1) is 12.6. The molecule has 134 valence electrons. The third-order valence-corrected chi connectivity index (χ3v) is 7.83. The van der Waals surface area contributed by atoms with Gasteiger partial charge in [-0.05, 0) is 40.6 Å². The lowest BCUT2D eigenvalue weighted by atomic mass is 10.1. The summed E-state index contributed by atoms with van der Waals surface area (Å²) in [6, 6.07) is 20.7. The first kappa shape index (κ1) is 17.4. The van der Waals surface area contributed by atoms with Crippen LogP contribution in [0.2, 0.25) is 0 Å². The molecule has 26 heavy (non-hydrogen) atoms. The van der Waals surface area contributed by atoms with Gasteiger partial charge in [0.15, 0.2) is 0 Å². The van der Waals surface area contributed by atoms with Crippen LogP contribution in [0, 0.1) is 0 Å². The maximum atomic E-state index is 13.3. The summed E-state index contributed by atoms with van der Waals surface area (Å²) in [5.41, 5.74) is 0.970. The highest BCUT2D eigenvalue weighted by Gasteiger charge is 2.36. The number of fused-ring (bicyclic) bond motifs is 1. The average Bonchev–Trinajstić information content (AvgIpc) is 3.18. The standard InChI is InChI=1S/C20H19NO3S2/c1-24-18-9-6-16(7-10-18)20-21(12-13-25-20)26(22,23)19-11-8-15-4-2-3-5-17(15)14-19/h2-11,14,20H,12-13H2,1H3/t20-/m0/s1. The number of hydrogen-bond donors (Lipinski definition) is 0. The number of thioether (sulfide) groups is 1. The van der Waals surface area contributed by atoms with E-state index in [4.69, 9.17) is 4.74 Å². The SMILES string of the molecule is COc1ccc([C@@H]2SCCN2S(=O)(=O)c2ccc3ccccc3c2)cc1. The van der Waals surface area contributed by atoms with Crippen molar-refractivity contribution in [1.29, 1.82) is 0 Å². The summed E-state index contributed by atoms with van der Waals surface area (Å²) >= 11 is 1.65. The first-order valence-electron chi connectivity index (χ1n) is 8.36. The Kier molecular flexibility index (Phi) is 4.65. The Labute approximate surface area is 157 Å². The Morgan fingerprint density at radius 3 is 2.46 bits per heavy atom. The fourth-order valence-electron chi connectivity index (χ4n) is 3.20. The summed E-state index contributed by atoms with van der Waals surface area (Å²) in [5.74, 6) is 1.55. The first-order valence-corrected chi connectivity index (χ1v) is 10.8. The van der Waals surface area contributed by atoms with Crippen LogP contribution in [0.5, 0.6) is 5.75 Å². The normalized spacial score (nSPS) is 18.3. The number of ether oxygens (including phenoxy) is 1. The van der Waals surface area contributed by atoms with Gasteiger partial charge in [0.25, 0.3) is 0 Å². The van der Waals surface area contributed by atoms with E-state index in [1.807, 2.05) is 54.6 Å². The van der Waals surface area contributed by atoms with Crippen LogP contribution in [0.3, 0.4) is 0 Å². The molecule has 0 spiro atoms. The molecule has 1 saturated heterocycles. The zero-order chi connectivity index (χ0) is 18.1. The summed E-state index contributed by atoms with van der Waals surface area (Å²) < 4.78 is 33.3. The number of benzene rings is 3. The molecule has 1 atom stereocenters. The van der Waals surface area contributed by atoms with Gasteiger partial charge in [-0.15, -0.1) is 11.8 Å². The van der Waals surface area contributed by atoms with Gasteiger partial charge in [-0.1, -0.05) is 42.5 Å². The van der Waals surface area contributed by atoms with Crippen molar-refractivity contribution in [2.45, 2.75) is 10.3 Å². The molecule has 1 aliphatic heterocycles. The number of sulfonamides is 1. The van der Waals surface area contributed by atoms with E-state index < -0.39 is 10.0 Å². The second kappa shape index (κ2) is 6.95. The largest absolute Gasteiger partial charge is 0.497 e. The Bertz CT molecular complexity index is 1030. The van der Waals surface area contributed by atoms with Gasteiger partial charge >= 0.3 is 0 Å². The second-order valence-electron chi connectivity index (χ2n) is 6.12. The predicted molar refractivity (Wildman–Crippen MR) is 106 cm³/mol. The molecule has 1 aliphatic rings. The molecule has 1 fully saturated rings. The van der Waals surface area contributed by atoms with Crippen LogP contribution >= 0.6 is 11.8 Å². The monoisotopic (exact) mass is 385 g/mol. The van der Waals surface area contributed by atoms with Crippen LogP contribution in [0.15, 0.2) is 71.6 Å². The molecule has 0 radical (unpaired) electrons. The highest BCUT2D eigenvalue weighted by Crippen LogP contribution is 2.42. The molecule has 3 aromatic rings. The average molecular weight is 386 g/mol. The lowest BCUT2D eigenvalue weighted by Gasteiger charge is -2.24. The van der Waals surface area contributed by atoms with Crippen molar-refractivity contribution < 1.29 is 13.2 Å². The van der Waals surface area contributed by atoms with Crippen LogP contribution < -0.4 is 4.74 Å². The number of rotatable bonds is 4. The zero-order valence-corrected chi connectivity index (χ0v) is 16.0. The maximum absolute atomic E-state index is 13.3. The summed E-state index contributed by atoms with van der Waals surface area (Å²) in [5, 5.41) is 1.76. The zero-order valence-electron chi connectivity index (χ0n) is 14.3. The topological polar surface area (TPSA) is 46.6 Å². The van der Waals surface area contributed by atoms with Gasteiger partial charge in [0.1, 0.15) is 5.75 Å². The van der Waals surface area contributed by atoms with Crippen LogP contribution in [-0.4, -0.2) is 32.1 Å². The van der Waals surface area contributed by atoms with Crippen molar-refractivity contribution in [3.05, 3.63) is 72.3 Å². The third kappa shape index (κ3) is 3.09. The molecule has 1 heterocycles. The summed E-state index contributed by atoms with van der Waals surface area (Å²) in [4.78, 5) is 0.345. The van der Waals surface area contributed by atoms with Gasteiger partial charge in [-0.2, -0.15) is 4.31 Å². The van der Waals surface area contributed by atoms with E-state index in [1.54, 1.807) is 35.3 Å². The molecule has 0 unspecified atom stereocenters. The van der Waals surface area contributed by atoms with Crippen LogP contribution in [-0.2, 0) is 10.0 Å². The molecule has 0 N–H and O–H groups in total. The van der Waals surface area contributed by atoms with Crippen molar-refractivity contribution in [2.24, 2.45) is 0 Å². The van der Waals surface area contributed by atoms with Gasteiger partial charge in [-0.3, -0.25) is 0 Å². The molecule has 4 rings (SSSR count). The van der Waals surface area contributed by atoms with Crippen molar-refractivity contribution in [3.8, 4) is 5.75 Å². The third-order valence-electron chi connectivity index (χ3n) is 4.58. The van der Waals surface area contributed by atoms with Gasteiger partial charge in [0.05, 0.1) is 17.4 Å². The highest BCUT2D eigenvalue weighted by atomic mass is 32.2. The van der Waals surface area contributed by atoms with Crippen LogP contribution in [0.25, 0.3) is 10.8 Å². The van der Waals surface area contributed by atoms with Gasteiger partial charge in [0.2, 0.25) is 10.0 Å². The van der Waals surface area contributed by atoms with E-state index >= 15 is 0 Å². The minimum absolute atomic E-state index is 0.211. The molecule has 0 aliphatic carbocycles. The van der Waals surface area contributed by atoms with Crippen LogP contribution in [0.1, 0.15) is 10.9 Å². The van der Waals surface area contributed by atoms with E-state index in [-0.39, 0.29) is 5.37 Å². The second-order valence-corrected chi connectivity index (χ2v) is 9.20.